The molecule has 0 fully saturated rings. The summed E-state index contributed by atoms with van der Waals surface area (Å²) < 4.78 is 0. The largest absolute Gasteiger partial charge is 0.308 e. The molecule has 0 atom stereocenters. The number of hydrogen-bond acceptors (Lipinski definition) is 5. The molecule has 2 aromatic rings. The Morgan fingerprint density at radius 2 is 1.96 bits per heavy atom. The summed E-state index contributed by atoms with van der Waals surface area (Å²) in [6.45, 7) is 0. The lowest BCUT2D eigenvalue weighted by Crippen LogP contribution is -2.30. The number of anilines is 1. The normalized spacial score (nSPS) is 13.6. The van der Waals surface area contributed by atoms with E-state index in [1.165, 1.54) is 17.1 Å². The van der Waals surface area contributed by atoms with E-state index in [2.05, 4.69) is 10.4 Å². The van der Waals surface area contributed by atoms with E-state index in [9.17, 15) is 19.7 Å². The lowest BCUT2D eigenvalue weighted by molar-refractivity contribution is -0.384. The Bertz CT molecular complexity index is 898. The van der Waals surface area contributed by atoms with Crippen LogP contribution >= 0.6 is 11.6 Å². The number of nitrogens with one attached hydrogen (secondary N) is 1. The Labute approximate surface area is 146 Å². The number of benzene rings is 2. The van der Waals surface area contributed by atoms with Crippen molar-refractivity contribution in [2.45, 2.75) is 6.42 Å². The van der Waals surface area contributed by atoms with Crippen LogP contribution in [-0.2, 0) is 4.79 Å². The van der Waals surface area contributed by atoms with Crippen molar-refractivity contribution in [3.05, 3.63) is 69.2 Å². The van der Waals surface area contributed by atoms with Gasteiger partial charge in [-0.05, 0) is 18.2 Å². The van der Waals surface area contributed by atoms with Gasteiger partial charge in [0.15, 0.2) is 0 Å². The van der Waals surface area contributed by atoms with Crippen LogP contribution in [0.3, 0.4) is 0 Å². The maximum atomic E-state index is 12.3. The highest BCUT2D eigenvalue weighted by Crippen LogP contribution is 2.23. The first-order valence-electron chi connectivity index (χ1n) is 7.16. The zero-order chi connectivity index (χ0) is 18.0. The average Bonchev–Trinajstić information content (AvgIpc) is 2.95. The summed E-state index contributed by atoms with van der Waals surface area (Å²) in [7, 11) is 0. The van der Waals surface area contributed by atoms with Crippen molar-refractivity contribution in [2.75, 3.05) is 5.01 Å². The fourth-order valence-electron chi connectivity index (χ4n) is 2.27. The predicted octanol–water partition coefficient (Wildman–Crippen LogP) is 2.73. The van der Waals surface area contributed by atoms with Crippen molar-refractivity contribution in [3.8, 4) is 0 Å². The molecule has 25 heavy (non-hydrogen) atoms. The van der Waals surface area contributed by atoms with Crippen molar-refractivity contribution >= 4 is 40.6 Å². The van der Waals surface area contributed by atoms with Gasteiger partial charge < -0.3 is 5.32 Å². The van der Waals surface area contributed by atoms with E-state index >= 15 is 0 Å². The zero-order valence-electron chi connectivity index (χ0n) is 12.7. The van der Waals surface area contributed by atoms with Crippen molar-refractivity contribution in [1.29, 1.82) is 0 Å². The summed E-state index contributed by atoms with van der Waals surface area (Å²) in [4.78, 5) is 34.4. The van der Waals surface area contributed by atoms with Gasteiger partial charge in [-0.15, -0.1) is 0 Å². The number of amides is 2. The molecule has 0 saturated heterocycles. The Kier molecular flexibility index (Phi) is 4.44. The summed E-state index contributed by atoms with van der Waals surface area (Å²) >= 11 is 5.92. The number of carbonyl (C=O) groups is 2. The molecule has 126 valence electrons. The molecular formula is C16H11ClN4O4. The number of nitrogens with zero attached hydrogens (tertiary/aromatic N) is 3. The van der Waals surface area contributed by atoms with Crippen molar-refractivity contribution in [1.82, 2.24) is 5.32 Å². The molecule has 0 radical (unpaired) electrons. The number of rotatable bonds is 3. The molecule has 0 unspecified atom stereocenters. The molecule has 1 aliphatic heterocycles. The van der Waals surface area contributed by atoms with E-state index < -0.39 is 10.8 Å². The van der Waals surface area contributed by atoms with E-state index in [0.29, 0.717) is 5.69 Å². The number of nitro benzene ring substituents is 1. The zero-order valence-corrected chi connectivity index (χ0v) is 13.4. The van der Waals surface area contributed by atoms with E-state index in [1.807, 2.05) is 6.07 Å². The summed E-state index contributed by atoms with van der Waals surface area (Å²) in [6.07, 6.45) is -0.0643. The predicted molar refractivity (Wildman–Crippen MR) is 91.6 cm³/mol. The smallest absolute Gasteiger partial charge is 0.270 e. The molecule has 1 heterocycles. The average molecular weight is 359 g/mol. The second-order valence-electron chi connectivity index (χ2n) is 5.14. The summed E-state index contributed by atoms with van der Waals surface area (Å²) in [5.41, 5.74) is 0.427. The molecule has 1 N–H and O–H groups in total. The fourth-order valence-corrected chi connectivity index (χ4v) is 2.53. The number of hydrogen-bond donors (Lipinski definition) is 1. The maximum absolute atomic E-state index is 12.3. The van der Waals surface area contributed by atoms with Gasteiger partial charge in [-0.3, -0.25) is 19.7 Å². The van der Waals surface area contributed by atoms with Gasteiger partial charge in [0.25, 0.3) is 17.5 Å². The first-order chi connectivity index (χ1) is 12.0. The molecule has 0 spiro atoms. The van der Waals surface area contributed by atoms with E-state index in [-0.39, 0.29) is 34.4 Å². The van der Waals surface area contributed by atoms with Crippen LogP contribution in [0.4, 0.5) is 11.4 Å². The van der Waals surface area contributed by atoms with Crippen molar-refractivity contribution in [2.24, 2.45) is 5.10 Å². The molecular weight excluding hydrogens is 348 g/mol. The van der Waals surface area contributed by atoms with Crippen molar-refractivity contribution < 1.29 is 14.5 Å². The molecule has 9 heteroatoms. The van der Waals surface area contributed by atoms with Crippen LogP contribution < -0.4 is 10.3 Å². The fraction of sp³-hybridized carbons (Fsp3) is 0.0625. The summed E-state index contributed by atoms with van der Waals surface area (Å²) in [5.74, 6) is -0.703. The standard InChI is InChI=1S/C16H11ClN4O4/c17-13-8-11(21(24)25)6-7-12(13)16(23)18-14-9-15(22)20(19-14)10-4-2-1-3-5-10/h1-8H,9H2,(H,18,19,23). The monoisotopic (exact) mass is 358 g/mol. The minimum Gasteiger partial charge on any atom is -0.308 e. The van der Waals surface area contributed by atoms with Gasteiger partial charge in [0, 0.05) is 12.1 Å². The van der Waals surface area contributed by atoms with Gasteiger partial charge >= 0.3 is 0 Å². The Morgan fingerprint density at radius 3 is 2.60 bits per heavy atom. The highest BCUT2D eigenvalue weighted by molar-refractivity contribution is 6.34. The number of halogens is 1. The van der Waals surface area contributed by atoms with Gasteiger partial charge in [0.2, 0.25) is 0 Å². The second-order valence-corrected chi connectivity index (χ2v) is 5.55. The third kappa shape index (κ3) is 3.48. The van der Waals surface area contributed by atoms with Crippen LogP contribution in [0, 0.1) is 10.1 Å². The third-order valence-corrected chi connectivity index (χ3v) is 3.76. The topological polar surface area (TPSA) is 105 Å². The van der Waals surface area contributed by atoms with Crippen LogP contribution in [0.25, 0.3) is 0 Å². The molecule has 1 aliphatic rings. The second kappa shape index (κ2) is 6.70. The van der Waals surface area contributed by atoms with Crippen LogP contribution in [0.15, 0.2) is 53.6 Å². The summed E-state index contributed by atoms with van der Waals surface area (Å²) in [5, 5.41) is 18.5. The van der Waals surface area contributed by atoms with Crippen LogP contribution in [0.5, 0.6) is 0 Å². The molecule has 0 bridgehead atoms. The van der Waals surface area contributed by atoms with Crippen LogP contribution in [0.1, 0.15) is 16.8 Å². The van der Waals surface area contributed by atoms with E-state index in [4.69, 9.17) is 11.6 Å². The molecule has 2 aromatic carbocycles. The molecule has 8 nitrogen and oxygen atoms in total. The molecule has 0 saturated carbocycles. The van der Waals surface area contributed by atoms with Gasteiger partial charge in [0.05, 0.1) is 27.6 Å². The minimum atomic E-state index is -0.606. The molecule has 3 rings (SSSR count). The number of non-ortho nitro benzene ring substituents is 1. The SMILES string of the molecule is O=C(NC1=NN(c2ccccc2)C(=O)C1)c1ccc([N+](=O)[O-])cc1Cl. The molecule has 0 aromatic heterocycles. The first-order valence-corrected chi connectivity index (χ1v) is 7.54. The molecule has 2 amide bonds. The Morgan fingerprint density at radius 1 is 1.24 bits per heavy atom. The highest BCUT2D eigenvalue weighted by Gasteiger charge is 2.27. The van der Waals surface area contributed by atoms with Crippen LogP contribution in [-0.4, -0.2) is 22.6 Å². The number of nitro groups is 1. The van der Waals surface area contributed by atoms with Gasteiger partial charge in [-0.2, -0.15) is 10.1 Å². The quantitative estimate of drug-likeness (QED) is 0.672. The van der Waals surface area contributed by atoms with E-state index in [0.717, 1.165) is 6.07 Å². The first kappa shape index (κ1) is 16.6. The van der Waals surface area contributed by atoms with Gasteiger partial charge in [-0.25, -0.2) is 0 Å². The summed E-state index contributed by atoms with van der Waals surface area (Å²) in [6, 6.07) is 12.3. The number of hydrazone groups is 1. The number of carbonyl (C=O) groups excluding carboxylic acids is 2. The van der Waals surface area contributed by atoms with Crippen LogP contribution in [0.2, 0.25) is 5.02 Å². The van der Waals surface area contributed by atoms with E-state index in [1.54, 1.807) is 24.3 Å². The number of para-hydroxylation sites is 1. The van der Waals surface area contributed by atoms with Crippen molar-refractivity contribution in [3.63, 3.8) is 0 Å². The molecule has 0 aliphatic carbocycles. The third-order valence-electron chi connectivity index (χ3n) is 3.44. The lowest BCUT2D eigenvalue weighted by atomic mass is 10.2. The van der Waals surface area contributed by atoms with Gasteiger partial charge in [-0.1, -0.05) is 29.8 Å². The number of amidine groups is 1. The lowest BCUT2D eigenvalue weighted by Gasteiger charge is -2.10. The Hall–Kier alpha value is -3.26. The Balaban J connectivity index is 1.77. The highest BCUT2D eigenvalue weighted by atomic mass is 35.5. The van der Waals surface area contributed by atoms with Gasteiger partial charge in [0.1, 0.15) is 5.84 Å². The minimum absolute atomic E-state index is 0.0561. The maximum Gasteiger partial charge on any atom is 0.270 e.